The standard InChI is InChI=1S/C18H25BrN2O3/c1-12-3-8-16(15(19)11-12)21-18(23)14-6-4-13(5-7-14)17(22)20-9-10-24-2/h3,8,11,13-14H,4-7,9-10H2,1-2H3,(H,20,22)(H,21,23). The third-order valence-corrected chi connectivity index (χ3v) is 5.11. The number of carbonyl (C=O) groups excluding carboxylic acids is 2. The summed E-state index contributed by atoms with van der Waals surface area (Å²) < 4.78 is 5.82. The van der Waals surface area contributed by atoms with E-state index in [1.54, 1.807) is 7.11 Å². The SMILES string of the molecule is COCCNC(=O)C1CCC(C(=O)Nc2ccc(C)cc2Br)CC1. The fraction of sp³-hybridized carbons (Fsp3) is 0.556. The Morgan fingerprint density at radius 3 is 2.38 bits per heavy atom. The molecule has 2 rings (SSSR count). The van der Waals surface area contributed by atoms with Crippen molar-refractivity contribution in [2.24, 2.45) is 11.8 Å². The molecule has 132 valence electrons. The minimum absolute atomic E-state index is 0.0111. The van der Waals surface area contributed by atoms with Crippen molar-refractivity contribution in [1.82, 2.24) is 5.32 Å². The Morgan fingerprint density at radius 2 is 1.79 bits per heavy atom. The molecule has 2 N–H and O–H groups in total. The summed E-state index contributed by atoms with van der Waals surface area (Å²) >= 11 is 3.48. The van der Waals surface area contributed by atoms with Gasteiger partial charge in [0.1, 0.15) is 0 Å². The molecule has 0 heterocycles. The monoisotopic (exact) mass is 396 g/mol. The minimum atomic E-state index is -0.0266. The number of rotatable bonds is 6. The third-order valence-electron chi connectivity index (χ3n) is 4.46. The molecule has 0 atom stereocenters. The summed E-state index contributed by atoms with van der Waals surface area (Å²) in [4.78, 5) is 24.5. The number of nitrogens with one attached hydrogen (secondary N) is 2. The van der Waals surface area contributed by atoms with E-state index in [9.17, 15) is 9.59 Å². The van der Waals surface area contributed by atoms with Crippen molar-refractivity contribution >= 4 is 33.4 Å². The highest BCUT2D eigenvalue weighted by atomic mass is 79.9. The predicted molar refractivity (Wildman–Crippen MR) is 97.8 cm³/mol. The first-order valence-electron chi connectivity index (χ1n) is 8.35. The first-order chi connectivity index (χ1) is 11.5. The Hall–Kier alpha value is -1.40. The van der Waals surface area contributed by atoms with E-state index in [-0.39, 0.29) is 23.7 Å². The first-order valence-corrected chi connectivity index (χ1v) is 9.14. The molecule has 0 saturated heterocycles. The van der Waals surface area contributed by atoms with Crippen molar-refractivity contribution < 1.29 is 14.3 Å². The Labute approximate surface area is 151 Å². The molecule has 2 amide bonds. The second-order valence-corrected chi connectivity index (χ2v) is 7.16. The van der Waals surface area contributed by atoms with E-state index in [0.29, 0.717) is 13.2 Å². The number of hydrogen-bond acceptors (Lipinski definition) is 3. The lowest BCUT2D eigenvalue weighted by Crippen LogP contribution is -2.36. The highest BCUT2D eigenvalue weighted by molar-refractivity contribution is 9.10. The van der Waals surface area contributed by atoms with Gasteiger partial charge in [0.15, 0.2) is 0 Å². The molecular formula is C18H25BrN2O3. The quantitative estimate of drug-likeness (QED) is 0.725. The van der Waals surface area contributed by atoms with Gasteiger partial charge in [-0.15, -0.1) is 0 Å². The summed E-state index contributed by atoms with van der Waals surface area (Å²) in [6.45, 7) is 3.07. The summed E-state index contributed by atoms with van der Waals surface area (Å²) in [5.41, 5.74) is 1.94. The molecule has 0 unspecified atom stereocenters. The molecule has 6 heteroatoms. The van der Waals surface area contributed by atoms with Gasteiger partial charge in [-0.2, -0.15) is 0 Å². The molecule has 24 heavy (non-hydrogen) atoms. The molecule has 1 aromatic carbocycles. The van der Waals surface area contributed by atoms with Gasteiger partial charge in [-0.3, -0.25) is 9.59 Å². The van der Waals surface area contributed by atoms with Crippen LogP contribution in [0.2, 0.25) is 0 Å². The number of amides is 2. The van der Waals surface area contributed by atoms with Crippen LogP contribution in [0.15, 0.2) is 22.7 Å². The van der Waals surface area contributed by atoms with Crippen LogP contribution in [0.25, 0.3) is 0 Å². The van der Waals surface area contributed by atoms with Gasteiger partial charge in [-0.25, -0.2) is 0 Å². The zero-order valence-corrected chi connectivity index (χ0v) is 15.8. The highest BCUT2D eigenvalue weighted by Gasteiger charge is 2.29. The van der Waals surface area contributed by atoms with Crippen LogP contribution in [0.4, 0.5) is 5.69 Å². The number of carbonyl (C=O) groups is 2. The highest BCUT2D eigenvalue weighted by Crippen LogP contribution is 2.31. The van der Waals surface area contributed by atoms with Crippen LogP contribution in [0.3, 0.4) is 0 Å². The number of ether oxygens (including phenoxy) is 1. The number of benzene rings is 1. The number of anilines is 1. The van der Waals surface area contributed by atoms with E-state index in [1.807, 2.05) is 25.1 Å². The second kappa shape index (κ2) is 9.18. The largest absolute Gasteiger partial charge is 0.383 e. The summed E-state index contributed by atoms with van der Waals surface area (Å²) in [6.07, 6.45) is 3.01. The molecule has 5 nitrogen and oxygen atoms in total. The lowest BCUT2D eigenvalue weighted by atomic mass is 9.81. The molecule has 0 bridgehead atoms. The van der Waals surface area contributed by atoms with E-state index in [0.717, 1.165) is 41.4 Å². The predicted octanol–water partition coefficient (Wildman–Crippen LogP) is 3.27. The summed E-state index contributed by atoms with van der Waals surface area (Å²) in [5, 5.41) is 5.87. The normalized spacial score (nSPS) is 20.5. The van der Waals surface area contributed by atoms with Crippen LogP contribution >= 0.6 is 15.9 Å². The minimum Gasteiger partial charge on any atom is -0.383 e. The van der Waals surface area contributed by atoms with Crippen LogP contribution in [0, 0.1) is 18.8 Å². The Morgan fingerprint density at radius 1 is 1.17 bits per heavy atom. The van der Waals surface area contributed by atoms with Gasteiger partial charge in [-0.1, -0.05) is 6.07 Å². The molecule has 1 aliphatic carbocycles. The maximum absolute atomic E-state index is 12.4. The smallest absolute Gasteiger partial charge is 0.227 e. The zero-order valence-electron chi connectivity index (χ0n) is 14.2. The molecular weight excluding hydrogens is 372 g/mol. The van der Waals surface area contributed by atoms with Crippen molar-refractivity contribution in [2.75, 3.05) is 25.6 Å². The van der Waals surface area contributed by atoms with Gasteiger partial charge in [-0.05, 0) is 66.2 Å². The average Bonchev–Trinajstić information content (AvgIpc) is 2.57. The third kappa shape index (κ3) is 5.31. The van der Waals surface area contributed by atoms with E-state index >= 15 is 0 Å². The van der Waals surface area contributed by atoms with Gasteiger partial charge in [0.2, 0.25) is 11.8 Å². The topological polar surface area (TPSA) is 67.4 Å². The first kappa shape index (κ1) is 18.9. The van der Waals surface area contributed by atoms with Gasteiger partial charge in [0, 0.05) is 30.0 Å². The number of halogens is 1. The Bertz CT molecular complexity index is 584. The fourth-order valence-electron chi connectivity index (χ4n) is 2.99. The van der Waals surface area contributed by atoms with Gasteiger partial charge in [0.05, 0.1) is 12.3 Å². The summed E-state index contributed by atoms with van der Waals surface area (Å²) in [6, 6.07) is 5.87. The summed E-state index contributed by atoms with van der Waals surface area (Å²) in [5.74, 6) is 0.100. The van der Waals surface area contributed by atoms with Crippen molar-refractivity contribution in [3.63, 3.8) is 0 Å². The zero-order chi connectivity index (χ0) is 17.5. The molecule has 0 aromatic heterocycles. The van der Waals surface area contributed by atoms with Crippen LogP contribution in [0.5, 0.6) is 0 Å². The van der Waals surface area contributed by atoms with Crippen molar-refractivity contribution in [1.29, 1.82) is 0 Å². The fourth-order valence-corrected chi connectivity index (χ4v) is 3.59. The Kier molecular flexibility index (Phi) is 7.24. The molecule has 1 saturated carbocycles. The molecule has 1 aromatic rings. The average molecular weight is 397 g/mol. The number of methoxy groups -OCH3 is 1. The van der Waals surface area contributed by atoms with Crippen LogP contribution in [-0.2, 0) is 14.3 Å². The van der Waals surface area contributed by atoms with Crippen molar-refractivity contribution in [2.45, 2.75) is 32.6 Å². The second-order valence-electron chi connectivity index (χ2n) is 6.30. The van der Waals surface area contributed by atoms with Crippen LogP contribution in [-0.4, -0.2) is 32.1 Å². The van der Waals surface area contributed by atoms with Gasteiger partial charge >= 0.3 is 0 Å². The van der Waals surface area contributed by atoms with Gasteiger partial charge < -0.3 is 15.4 Å². The van der Waals surface area contributed by atoms with Crippen LogP contribution in [0.1, 0.15) is 31.2 Å². The van der Waals surface area contributed by atoms with E-state index in [4.69, 9.17) is 4.74 Å². The van der Waals surface area contributed by atoms with Gasteiger partial charge in [0.25, 0.3) is 0 Å². The lowest BCUT2D eigenvalue weighted by molar-refractivity contribution is -0.128. The van der Waals surface area contributed by atoms with Crippen LogP contribution < -0.4 is 10.6 Å². The Balaban J connectivity index is 1.81. The van der Waals surface area contributed by atoms with E-state index in [2.05, 4.69) is 26.6 Å². The van der Waals surface area contributed by atoms with Crippen molar-refractivity contribution in [3.05, 3.63) is 28.2 Å². The molecule has 0 aliphatic heterocycles. The van der Waals surface area contributed by atoms with E-state index in [1.165, 1.54) is 0 Å². The molecule has 1 fully saturated rings. The van der Waals surface area contributed by atoms with Crippen molar-refractivity contribution in [3.8, 4) is 0 Å². The lowest BCUT2D eigenvalue weighted by Gasteiger charge is -2.27. The summed E-state index contributed by atoms with van der Waals surface area (Å²) in [7, 11) is 1.61. The van der Waals surface area contributed by atoms with E-state index < -0.39 is 0 Å². The molecule has 0 radical (unpaired) electrons. The number of aryl methyl sites for hydroxylation is 1. The maximum Gasteiger partial charge on any atom is 0.227 e. The number of hydrogen-bond donors (Lipinski definition) is 2. The molecule has 1 aliphatic rings. The maximum atomic E-state index is 12.4. The molecule has 0 spiro atoms.